The number of aromatic nitrogens is 4. The summed E-state index contributed by atoms with van der Waals surface area (Å²) in [6, 6.07) is 16.1. The number of carbonyl (C=O) groups is 1. The van der Waals surface area contributed by atoms with Gasteiger partial charge in [-0.15, -0.1) is 21.5 Å². The maximum absolute atomic E-state index is 12.4. The van der Waals surface area contributed by atoms with Crippen LogP contribution < -0.4 is 10.6 Å². The van der Waals surface area contributed by atoms with Gasteiger partial charge in [-0.25, -0.2) is 4.98 Å². The molecule has 0 aliphatic rings. The SMILES string of the molecule is Cc1ccc(NC(=O)CSc2nnc(CNc3nc(-c4ccccc4)cs3)n2C)c(C)c1. The van der Waals surface area contributed by atoms with Crippen molar-refractivity contribution in [3.8, 4) is 11.3 Å². The molecule has 0 spiro atoms. The highest BCUT2D eigenvalue weighted by Gasteiger charge is 2.13. The number of hydrogen-bond donors (Lipinski definition) is 2. The minimum atomic E-state index is -0.0687. The normalized spacial score (nSPS) is 10.8. The maximum Gasteiger partial charge on any atom is 0.234 e. The number of thioether (sulfide) groups is 1. The van der Waals surface area contributed by atoms with Gasteiger partial charge in [-0.2, -0.15) is 0 Å². The summed E-state index contributed by atoms with van der Waals surface area (Å²) in [4.78, 5) is 17.0. The molecule has 2 heterocycles. The molecule has 2 aromatic carbocycles. The van der Waals surface area contributed by atoms with E-state index in [0.29, 0.717) is 11.7 Å². The first-order chi connectivity index (χ1) is 15.5. The van der Waals surface area contributed by atoms with Gasteiger partial charge in [0.15, 0.2) is 16.1 Å². The Kier molecular flexibility index (Phi) is 6.87. The van der Waals surface area contributed by atoms with Crippen LogP contribution in [0.3, 0.4) is 0 Å². The monoisotopic (exact) mass is 464 g/mol. The van der Waals surface area contributed by atoms with E-state index < -0.39 is 0 Å². The lowest BCUT2D eigenvalue weighted by molar-refractivity contribution is -0.113. The van der Waals surface area contributed by atoms with Crippen LogP contribution in [0.1, 0.15) is 17.0 Å². The predicted octanol–water partition coefficient (Wildman–Crippen LogP) is 4.90. The number of thiazole rings is 1. The second-order valence-corrected chi connectivity index (χ2v) is 9.17. The highest BCUT2D eigenvalue weighted by Crippen LogP contribution is 2.25. The number of benzene rings is 2. The van der Waals surface area contributed by atoms with Crippen molar-refractivity contribution in [2.75, 3.05) is 16.4 Å². The highest BCUT2D eigenvalue weighted by molar-refractivity contribution is 7.99. The molecule has 0 saturated heterocycles. The largest absolute Gasteiger partial charge is 0.354 e. The van der Waals surface area contributed by atoms with E-state index in [0.717, 1.165) is 33.5 Å². The molecule has 0 radical (unpaired) electrons. The second-order valence-electron chi connectivity index (χ2n) is 7.37. The Balaban J connectivity index is 1.30. The lowest BCUT2D eigenvalue weighted by Crippen LogP contribution is -2.15. The first kappa shape index (κ1) is 22.0. The van der Waals surface area contributed by atoms with Gasteiger partial charge >= 0.3 is 0 Å². The zero-order valence-electron chi connectivity index (χ0n) is 18.1. The first-order valence-electron chi connectivity index (χ1n) is 10.1. The molecule has 0 atom stereocenters. The molecule has 164 valence electrons. The third-order valence-corrected chi connectivity index (χ3v) is 6.71. The molecular weight excluding hydrogens is 440 g/mol. The summed E-state index contributed by atoms with van der Waals surface area (Å²) in [7, 11) is 1.90. The lowest BCUT2D eigenvalue weighted by Gasteiger charge is -2.09. The van der Waals surface area contributed by atoms with Gasteiger partial charge in [0.25, 0.3) is 0 Å². The summed E-state index contributed by atoms with van der Waals surface area (Å²) in [5.41, 5.74) is 5.09. The summed E-state index contributed by atoms with van der Waals surface area (Å²) in [6.07, 6.45) is 0. The van der Waals surface area contributed by atoms with Crippen molar-refractivity contribution >= 4 is 39.8 Å². The predicted molar refractivity (Wildman–Crippen MR) is 131 cm³/mol. The van der Waals surface area contributed by atoms with Crippen LogP contribution in [0.5, 0.6) is 0 Å². The van der Waals surface area contributed by atoms with E-state index in [1.807, 2.05) is 73.3 Å². The van der Waals surface area contributed by atoms with E-state index in [1.54, 1.807) is 11.3 Å². The standard InChI is InChI=1S/C23H24N6OS2/c1-15-9-10-18(16(2)11-15)25-21(30)14-32-23-28-27-20(29(23)3)12-24-22-26-19(13-31-22)17-7-5-4-6-8-17/h4-11,13H,12,14H2,1-3H3,(H,24,26)(H,25,30). The zero-order chi connectivity index (χ0) is 22.5. The quantitative estimate of drug-likeness (QED) is 0.361. The van der Waals surface area contributed by atoms with Gasteiger partial charge in [-0.1, -0.05) is 59.8 Å². The Morgan fingerprint density at radius 1 is 1.12 bits per heavy atom. The summed E-state index contributed by atoms with van der Waals surface area (Å²) in [5, 5.41) is 18.3. The average Bonchev–Trinajstić information content (AvgIpc) is 3.40. The van der Waals surface area contributed by atoms with Crippen LogP contribution in [0.4, 0.5) is 10.8 Å². The molecule has 1 amide bonds. The van der Waals surface area contributed by atoms with E-state index in [1.165, 1.54) is 17.3 Å². The van der Waals surface area contributed by atoms with Gasteiger partial charge in [0, 0.05) is 23.7 Å². The maximum atomic E-state index is 12.4. The van der Waals surface area contributed by atoms with E-state index in [2.05, 4.69) is 31.9 Å². The van der Waals surface area contributed by atoms with Crippen LogP contribution in [0.15, 0.2) is 59.1 Å². The Morgan fingerprint density at radius 2 is 1.94 bits per heavy atom. The molecule has 9 heteroatoms. The van der Waals surface area contributed by atoms with Crippen LogP contribution in [0, 0.1) is 13.8 Å². The topological polar surface area (TPSA) is 84.7 Å². The summed E-state index contributed by atoms with van der Waals surface area (Å²) < 4.78 is 1.90. The molecule has 32 heavy (non-hydrogen) atoms. The van der Waals surface area contributed by atoms with Gasteiger partial charge in [0.1, 0.15) is 0 Å². The smallest absolute Gasteiger partial charge is 0.234 e. The first-order valence-corrected chi connectivity index (χ1v) is 12.0. The van der Waals surface area contributed by atoms with Gasteiger partial charge in [-0.3, -0.25) is 4.79 Å². The number of rotatable bonds is 8. The molecule has 2 N–H and O–H groups in total. The molecular formula is C23H24N6OS2. The van der Waals surface area contributed by atoms with E-state index in [4.69, 9.17) is 0 Å². The second kappa shape index (κ2) is 9.97. The third kappa shape index (κ3) is 5.35. The van der Waals surface area contributed by atoms with E-state index in [-0.39, 0.29) is 11.7 Å². The molecule has 4 rings (SSSR count). The number of hydrogen-bond acceptors (Lipinski definition) is 7. The fraction of sp³-hybridized carbons (Fsp3) is 0.217. The number of aryl methyl sites for hydroxylation is 2. The minimum Gasteiger partial charge on any atom is -0.354 e. The minimum absolute atomic E-state index is 0.0687. The van der Waals surface area contributed by atoms with Crippen molar-refractivity contribution < 1.29 is 4.79 Å². The summed E-state index contributed by atoms with van der Waals surface area (Å²) in [6.45, 7) is 4.52. The Hall–Kier alpha value is -3.17. The summed E-state index contributed by atoms with van der Waals surface area (Å²) in [5.74, 6) is 0.971. The van der Waals surface area contributed by atoms with E-state index >= 15 is 0 Å². The van der Waals surface area contributed by atoms with Gasteiger partial charge in [-0.05, 0) is 25.5 Å². The van der Waals surface area contributed by atoms with Crippen molar-refractivity contribution in [3.63, 3.8) is 0 Å². The van der Waals surface area contributed by atoms with Crippen LogP contribution in [-0.4, -0.2) is 31.4 Å². The summed E-state index contributed by atoms with van der Waals surface area (Å²) >= 11 is 2.92. The average molecular weight is 465 g/mol. The molecule has 0 fully saturated rings. The Labute approximate surface area is 195 Å². The number of anilines is 2. The van der Waals surface area contributed by atoms with Gasteiger partial charge < -0.3 is 15.2 Å². The Morgan fingerprint density at radius 3 is 2.72 bits per heavy atom. The fourth-order valence-corrected chi connectivity index (χ4v) is 4.59. The van der Waals surface area contributed by atoms with Crippen molar-refractivity contribution in [2.24, 2.45) is 7.05 Å². The number of nitrogens with zero attached hydrogens (tertiary/aromatic N) is 4. The van der Waals surface area contributed by atoms with Gasteiger partial charge in [0.05, 0.1) is 18.0 Å². The van der Waals surface area contributed by atoms with Gasteiger partial charge in [0.2, 0.25) is 5.91 Å². The van der Waals surface area contributed by atoms with Crippen molar-refractivity contribution in [2.45, 2.75) is 25.5 Å². The number of carbonyl (C=O) groups excluding carboxylic acids is 1. The molecule has 2 aromatic heterocycles. The van der Waals surface area contributed by atoms with Crippen LogP contribution >= 0.6 is 23.1 Å². The number of nitrogens with one attached hydrogen (secondary N) is 2. The molecule has 4 aromatic rings. The molecule has 7 nitrogen and oxygen atoms in total. The molecule has 0 saturated carbocycles. The molecule has 0 aliphatic carbocycles. The molecule has 0 unspecified atom stereocenters. The van der Waals surface area contributed by atoms with Crippen molar-refractivity contribution in [3.05, 3.63) is 70.9 Å². The zero-order valence-corrected chi connectivity index (χ0v) is 19.8. The number of amides is 1. The van der Waals surface area contributed by atoms with Crippen molar-refractivity contribution in [1.82, 2.24) is 19.7 Å². The van der Waals surface area contributed by atoms with Crippen LogP contribution in [-0.2, 0) is 18.4 Å². The Bertz CT molecular complexity index is 1220. The lowest BCUT2D eigenvalue weighted by atomic mass is 10.1. The third-order valence-electron chi connectivity index (χ3n) is 4.88. The fourth-order valence-electron chi connectivity index (χ4n) is 3.15. The van der Waals surface area contributed by atoms with Crippen LogP contribution in [0.2, 0.25) is 0 Å². The van der Waals surface area contributed by atoms with Crippen LogP contribution in [0.25, 0.3) is 11.3 Å². The van der Waals surface area contributed by atoms with Crippen molar-refractivity contribution in [1.29, 1.82) is 0 Å². The van der Waals surface area contributed by atoms with E-state index in [9.17, 15) is 4.79 Å². The highest BCUT2D eigenvalue weighted by atomic mass is 32.2. The molecule has 0 aliphatic heterocycles. The molecule has 0 bridgehead atoms.